The average molecular weight is 307 g/mol. The molecule has 0 bridgehead atoms. The second-order valence-corrected chi connectivity index (χ2v) is 7.17. The van der Waals surface area contributed by atoms with Crippen LogP contribution in [0.15, 0.2) is 0 Å². The lowest BCUT2D eigenvalue weighted by atomic mass is 10.3. The monoisotopic (exact) mass is 307 g/mol. The second kappa shape index (κ2) is 7.35. The Bertz CT molecular complexity index is 416. The highest BCUT2D eigenvalue weighted by molar-refractivity contribution is 7.86. The van der Waals surface area contributed by atoms with Crippen molar-refractivity contribution in [1.82, 2.24) is 13.5 Å². The van der Waals surface area contributed by atoms with Crippen molar-refractivity contribution in [2.45, 2.75) is 26.3 Å². The number of carbonyl (C=O) groups excluding carboxylic acids is 1. The molecule has 0 aromatic carbocycles. The number of hydrogen-bond acceptors (Lipinski definition) is 5. The molecule has 0 aromatic rings. The Morgan fingerprint density at radius 3 is 2.25 bits per heavy atom. The molecule has 1 heterocycles. The minimum atomic E-state index is -3.37. The highest BCUT2D eigenvalue weighted by Crippen LogP contribution is 2.13. The number of methoxy groups -OCH3 is 1. The number of ether oxygens (including phenoxy) is 1. The zero-order chi connectivity index (χ0) is 15.3. The van der Waals surface area contributed by atoms with E-state index in [1.807, 2.05) is 13.8 Å². The van der Waals surface area contributed by atoms with E-state index in [1.165, 1.54) is 15.7 Å². The van der Waals surface area contributed by atoms with Crippen LogP contribution >= 0.6 is 0 Å². The van der Waals surface area contributed by atoms with E-state index in [0.29, 0.717) is 39.1 Å². The molecule has 0 atom stereocenters. The maximum atomic E-state index is 12.3. The predicted molar refractivity (Wildman–Crippen MR) is 76.5 cm³/mol. The van der Waals surface area contributed by atoms with Crippen molar-refractivity contribution in [1.29, 1.82) is 0 Å². The first kappa shape index (κ1) is 17.4. The molecule has 118 valence electrons. The van der Waals surface area contributed by atoms with Crippen molar-refractivity contribution in [3.8, 4) is 0 Å². The van der Waals surface area contributed by atoms with Crippen LogP contribution in [0.4, 0.5) is 0 Å². The Morgan fingerprint density at radius 1 is 1.25 bits per heavy atom. The number of nitrogens with zero attached hydrogens (tertiary/aromatic N) is 3. The Kier molecular flexibility index (Phi) is 6.38. The molecule has 1 rings (SSSR count). The van der Waals surface area contributed by atoms with Crippen molar-refractivity contribution in [2.75, 3.05) is 46.9 Å². The van der Waals surface area contributed by atoms with Gasteiger partial charge in [-0.05, 0) is 13.8 Å². The summed E-state index contributed by atoms with van der Waals surface area (Å²) in [6, 6.07) is -0.0580. The van der Waals surface area contributed by atoms with E-state index in [1.54, 1.807) is 7.05 Å². The highest BCUT2D eigenvalue weighted by atomic mass is 32.2. The van der Waals surface area contributed by atoms with Crippen LogP contribution in [0.1, 0.15) is 20.3 Å². The summed E-state index contributed by atoms with van der Waals surface area (Å²) in [5.41, 5.74) is 0. The molecule has 0 aromatic heterocycles. The van der Waals surface area contributed by atoms with Gasteiger partial charge in [-0.3, -0.25) is 4.79 Å². The first-order valence-electron chi connectivity index (χ1n) is 6.81. The van der Waals surface area contributed by atoms with E-state index in [4.69, 9.17) is 0 Å². The molecule has 8 heteroatoms. The van der Waals surface area contributed by atoms with E-state index >= 15 is 0 Å². The smallest absolute Gasteiger partial charge is 0.306 e. The second-order valence-electron chi connectivity index (χ2n) is 5.18. The van der Waals surface area contributed by atoms with Crippen LogP contribution in [0.3, 0.4) is 0 Å². The van der Waals surface area contributed by atoms with E-state index in [2.05, 4.69) is 9.64 Å². The number of piperazine rings is 1. The third-order valence-electron chi connectivity index (χ3n) is 3.61. The third kappa shape index (κ3) is 4.41. The van der Waals surface area contributed by atoms with Crippen LogP contribution in [0.5, 0.6) is 0 Å². The van der Waals surface area contributed by atoms with Gasteiger partial charge in [0.25, 0.3) is 10.2 Å². The number of rotatable bonds is 6. The summed E-state index contributed by atoms with van der Waals surface area (Å²) >= 11 is 0. The number of carbonyl (C=O) groups is 1. The predicted octanol–water partition coefficient (Wildman–Crippen LogP) is -0.248. The van der Waals surface area contributed by atoms with Crippen molar-refractivity contribution >= 4 is 16.2 Å². The number of hydrogen-bond donors (Lipinski definition) is 0. The minimum absolute atomic E-state index is 0.0580. The van der Waals surface area contributed by atoms with Crippen LogP contribution in [-0.4, -0.2) is 80.8 Å². The van der Waals surface area contributed by atoms with Gasteiger partial charge in [-0.25, -0.2) is 0 Å². The molecule has 0 radical (unpaired) electrons. The van der Waals surface area contributed by atoms with Gasteiger partial charge in [0, 0.05) is 45.8 Å². The molecule has 0 spiro atoms. The van der Waals surface area contributed by atoms with Gasteiger partial charge < -0.3 is 9.64 Å². The first-order chi connectivity index (χ1) is 9.28. The molecule has 1 fully saturated rings. The lowest BCUT2D eigenvalue weighted by molar-refractivity contribution is -0.141. The van der Waals surface area contributed by atoms with E-state index in [9.17, 15) is 13.2 Å². The van der Waals surface area contributed by atoms with E-state index < -0.39 is 10.2 Å². The van der Waals surface area contributed by atoms with Gasteiger partial charge in [0.2, 0.25) is 0 Å². The fourth-order valence-corrected chi connectivity index (χ4v) is 3.51. The molecule has 0 N–H and O–H groups in total. The highest BCUT2D eigenvalue weighted by Gasteiger charge is 2.31. The number of esters is 1. The molecule has 1 aliphatic heterocycles. The third-order valence-corrected chi connectivity index (χ3v) is 5.78. The Morgan fingerprint density at radius 2 is 1.80 bits per heavy atom. The van der Waals surface area contributed by atoms with Crippen LogP contribution < -0.4 is 0 Å². The quantitative estimate of drug-likeness (QED) is 0.633. The van der Waals surface area contributed by atoms with Gasteiger partial charge in [-0.1, -0.05) is 0 Å². The zero-order valence-corrected chi connectivity index (χ0v) is 13.5. The van der Waals surface area contributed by atoms with Gasteiger partial charge in [-0.15, -0.1) is 0 Å². The van der Waals surface area contributed by atoms with Gasteiger partial charge in [0.15, 0.2) is 0 Å². The summed E-state index contributed by atoms with van der Waals surface area (Å²) in [7, 11) is -0.402. The molecule has 20 heavy (non-hydrogen) atoms. The Labute approximate surface area is 121 Å². The van der Waals surface area contributed by atoms with Gasteiger partial charge in [0.1, 0.15) is 0 Å². The van der Waals surface area contributed by atoms with Gasteiger partial charge in [0.05, 0.1) is 13.5 Å². The Hall–Kier alpha value is -0.700. The molecule has 0 aliphatic carbocycles. The fraction of sp³-hybridized carbons (Fsp3) is 0.917. The fourth-order valence-electron chi connectivity index (χ4n) is 1.98. The summed E-state index contributed by atoms with van der Waals surface area (Å²) in [5, 5.41) is 0. The molecule has 7 nitrogen and oxygen atoms in total. The van der Waals surface area contributed by atoms with Gasteiger partial charge >= 0.3 is 5.97 Å². The summed E-state index contributed by atoms with van der Waals surface area (Å²) in [6.45, 7) is 6.51. The summed E-state index contributed by atoms with van der Waals surface area (Å²) in [4.78, 5) is 13.2. The zero-order valence-electron chi connectivity index (χ0n) is 12.7. The van der Waals surface area contributed by atoms with Crippen LogP contribution in [0.25, 0.3) is 0 Å². The molecule has 0 amide bonds. The van der Waals surface area contributed by atoms with Crippen LogP contribution in [0.2, 0.25) is 0 Å². The molecule has 0 unspecified atom stereocenters. The SMILES string of the molecule is COC(=O)CCN1CCN(S(=O)(=O)N(C)C(C)C)CC1. The average Bonchev–Trinajstić information content (AvgIpc) is 2.44. The van der Waals surface area contributed by atoms with Crippen molar-refractivity contribution in [3.05, 3.63) is 0 Å². The summed E-state index contributed by atoms with van der Waals surface area (Å²) in [5.74, 6) is -0.236. The lowest BCUT2D eigenvalue weighted by Crippen LogP contribution is -2.53. The van der Waals surface area contributed by atoms with Gasteiger partial charge in [-0.2, -0.15) is 17.0 Å². The lowest BCUT2D eigenvalue weighted by Gasteiger charge is -2.36. The van der Waals surface area contributed by atoms with Crippen LogP contribution in [0, 0.1) is 0 Å². The molecule has 0 saturated carbocycles. The van der Waals surface area contributed by atoms with Crippen molar-refractivity contribution < 1.29 is 17.9 Å². The molecule has 1 saturated heterocycles. The molecular weight excluding hydrogens is 282 g/mol. The maximum Gasteiger partial charge on any atom is 0.306 e. The first-order valence-corrected chi connectivity index (χ1v) is 8.21. The molecule has 1 aliphatic rings. The van der Waals surface area contributed by atoms with E-state index in [-0.39, 0.29) is 12.0 Å². The summed E-state index contributed by atoms with van der Waals surface area (Å²) in [6.07, 6.45) is 0.342. The minimum Gasteiger partial charge on any atom is -0.469 e. The Balaban J connectivity index is 2.48. The normalized spacial score (nSPS) is 18.7. The largest absolute Gasteiger partial charge is 0.469 e. The van der Waals surface area contributed by atoms with Crippen LogP contribution in [-0.2, 0) is 19.7 Å². The van der Waals surface area contributed by atoms with E-state index in [0.717, 1.165) is 0 Å². The molecular formula is C12H25N3O4S. The van der Waals surface area contributed by atoms with Crippen molar-refractivity contribution in [2.24, 2.45) is 0 Å². The standard InChI is InChI=1S/C12H25N3O4S/c1-11(2)13(3)20(17,18)15-9-7-14(8-10-15)6-5-12(16)19-4/h11H,5-10H2,1-4H3. The topological polar surface area (TPSA) is 70.2 Å². The van der Waals surface area contributed by atoms with Crippen molar-refractivity contribution in [3.63, 3.8) is 0 Å². The maximum absolute atomic E-state index is 12.3. The summed E-state index contributed by atoms with van der Waals surface area (Å²) < 4.78 is 32.1.